The number of carbonyl (C=O) groups is 1. The van der Waals surface area contributed by atoms with E-state index in [1.54, 1.807) is 0 Å². The van der Waals surface area contributed by atoms with Crippen LogP contribution in [-0.2, 0) is 4.74 Å². The molecular weight excluding hydrogens is 280 g/mol. The highest BCUT2D eigenvalue weighted by Gasteiger charge is 2.43. The van der Waals surface area contributed by atoms with Crippen LogP contribution in [0.5, 0.6) is 0 Å². The van der Waals surface area contributed by atoms with Crippen LogP contribution in [0.2, 0.25) is 0 Å². The second kappa shape index (κ2) is 5.41. The molecule has 1 amide bonds. The zero-order chi connectivity index (χ0) is 15.9. The highest BCUT2D eigenvalue weighted by atomic mass is 16.6. The molecule has 120 valence electrons. The Labute approximate surface area is 131 Å². The van der Waals surface area contributed by atoms with Gasteiger partial charge in [0.2, 0.25) is 0 Å². The largest absolute Gasteiger partial charge is 0.444 e. The maximum atomic E-state index is 12.1. The quantitative estimate of drug-likeness (QED) is 0.795. The van der Waals surface area contributed by atoms with Gasteiger partial charge in [-0.15, -0.1) is 5.10 Å². The van der Waals surface area contributed by atoms with Crippen molar-refractivity contribution in [2.24, 2.45) is 11.8 Å². The first-order valence-electron chi connectivity index (χ1n) is 7.85. The van der Waals surface area contributed by atoms with E-state index in [9.17, 15) is 4.79 Å². The number of anilines is 1. The van der Waals surface area contributed by atoms with Crippen molar-refractivity contribution >= 4 is 11.9 Å². The lowest BCUT2D eigenvalue weighted by Crippen LogP contribution is -2.37. The molecule has 1 aromatic rings. The van der Waals surface area contributed by atoms with E-state index in [-0.39, 0.29) is 6.09 Å². The number of aryl methyl sites for hydroxylation is 1. The van der Waals surface area contributed by atoms with Crippen molar-refractivity contribution in [2.45, 2.75) is 33.3 Å². The van der Waals surface area contributed by atoms with Crippen LogP contribution in [0.3, 0.4) is 0 Å². The van der Waals surface area contributed by atoms with Gasteiger partial charge in [-0.1, -0.05) is 0 Å². The lowest BCUT2D eigenvalue weighted by atomic mass is 10.0. The summed E-state index contributed by atoms with van der Waals surface area (Å²) in [5, 5.41) is 8.39. The first kappa shape index (κ1) is 15.1. The average Bonchev–Trinajstić information content (AvgIpc) is 2.95. The minimum absolute atomic E-state index is 0.191. The second-order valence-electron chi connectivity index (χ2n) is 7.34. The highest BCUT2D eigenvalue weighted by Crippen LogP contribution is 2.33. The average molecular weight is 304 g/mol. The zero-order valence-corrected chi connectivity index (χ0v) is 13.7. The summed E-state index contributed by atoms with van der Waals surface area (Å²) in [6.07, 6.45) is -0.191. The van der Waals surface area contributed by atoms with Crippen LogP contribution in [0.4, 0.5) is 10.6 Å². The summed E-state index contributed by atoms with van der Waals surface area (Å²) in [6.45, 7) is 11.1. The van der Waals surface area contributed by atoms with E-state index in [1.807, 2.05) is 44.7 Å². The SMILES string of the molecule is Cc1ccc(N2C[C@H]3CN(C(=O)OC(C)(C)C)C[C@H]3C2)nn1. The summed E-state index contributed by atoms with van der Waals surface area (Å²) in [4.78, 5) is 16.3. The summed E-state index contributed by atoms with van der Waals surface area (Å²) >= 11 is 0. The molecule has 0 aromatic carbocycles. The van der Waals surface area contributed by atoms with E-state index < -0.39 is 5.60 Å². The Morgan fingerprint density at radius 1 is 1.14 bits per heavy atom. The second-order valence-corrected chi connectivity index (χ2v) is 7.34. The molecule has 2 aliphatic rings. The number of hydrogen-bond donors (Lipinski definition) is 0. The molecule has 0 spiro atoms. The van der Waals surface area contributed by atoms with Gasteiger partial charge in [-0.05, 0) is 39.8 Å². The Morgan fingerprint density at radius 3 is 2.27 bits per heavy atom. The number of ether oxygens (including phenoxy) is 1. The molecule has 0 aliphatic carbocycles. The number of carbonyl (C=O) groups excluding carboxylic acids is 1. The Balaban J connectivity index is 1.58. The normalized spacial score (nSPS) is 24.5. The molecule has 6 nitrogen and oxygen atoms in total. The first-order valence-corrected chi connectivity index (χ1v) is 7.85. The third-order valence-electron chi connectivity index (χ3n) is 4.25. The lowest BCUT2D eigenvalue weighted by molar-refractivity contribution is 0.0282. The van der Waals surface area contributed by atoms with Gasteiger partial charge in [0.15, 0.2) is 5.82 Å². The van der Waals surface area contributed by atoms with Gasteiger partial charge in [-0.25, -0.2) is 4.79 Å². The molecule has 0 saturated carbocycles. The van der Waals surface area contributed by atoms with E-state index >= 15 is 0 Å². The summed E-state index contributed by atoms with van der Waals surface area (Å²) < 4.78 is 5.46. The van der Waals surface area contributed by atoms with Crippen molar-refractivity contribution in [2.75, 3.05) is 31.1 Å². The Morgan fingerprint density at radius 2 is 1.77 bits per heavy atom. The minimum atomic E-state index is -0.432. The highest BCUT2D eigenvalue weighted by molar-refractivity contribution is 5.68. The Kier molecular flexibility index (Phi) is 3.70. The van der Waals surface area contributed by atoms with Gasteiger partial charge >= 0.3 is 6.09 Å². The Hall–Kier alpha value is -1.85. The summed E-state index contributed by atoms with van der Waals surface area (Å²) in [7, 11) is 0. The fraction of sp³-hybridized carbons (Fsp3) is 0.688. The van der Waals surface area contributed by atoms with Gasteiger partial charge in [0.25, 0.3) is 0 Å². The predicted molar refractivity (Wildman–Crippen MR) is 83.8 cm³/mol. The van der Waals surface area contributed by atoms with E-state index in [0.29, 0.717) is 11.8 Å². The number of likely N-dealkylation sites (tertiary alicyclic amines) is 1. The Bertz CT molecular complexity index is 538. The van der Waals surface area contributed by atoms with Crippen molar-refractivity contribution in [1.29, 1.82) is 0 Å². The zero-order valence-electron chi connectivity index (χ0n) is 13.7. The van der Waals surface area contributed by atoms with Gasteiger partial charge in [-0.3, -0.25) is 0 Å². The number of amides is 1. The first-order chi connectivity index (χ1) is 10.3. The fourth-order valence-electron chi connectivity index (χ4n) is 3.22. The monoisotopic (exact) mass is 304 g/mol. The lowest BCUT2D eigenvalue weighted by Gasteiger charge is -2.26. The van der Waals surface area contributed by atoms with E-state index in [1.165, 1.54) is 0 Å². The van der Waals surface area contributed by atoms with Gasteiger partial charge < -0.3 is 14.5 Å². The van der Waals surface area contributed by atoms with Gasteiger partial charge in [0.1, 0.15) is 5.60 Å². The van der Waals surface area contributed by atoms with Crippen LogP contribution in [0.25, 0.3) is 0 Å². The van der Waals surface area contributed by atoms with E-state index in [4.69, 9.17) is 4.74 Å². The molecule has 2 saturated heterocycles. The molecule has 0 unspecified atom stereocenters. The number of aromatic nitrogens is 2. The van der Waals surface area contributed by atoms with Crippen LogP contribution in [0, 0.1) is 18.8 Å². The van der Waals surface area contributed by atoms with E-state index in [2.05, 4.69) is 15.1 Å². The van der Waals surface area contributed by atoms with E-state index in [0.717, 1.165) is 37.7 Å². The molecule has 6 heteroatoms. The molecule has 2 aliphatic heterocycles. The molecular formula is C16H24N4O2. The van der Waals surface area contributed by atoms with Crippen molar-refractivity contribution < 1.29 is 9.53 Å². The number of hydrogen-bond acceptors (Lipinski definition) is 5. The van der Waals surface area contributed by atoms with Crippen molar-refractivity contribution in [3.8, 4) is 0 Å². The third kappa shape index (κ3) is 3.15. The molecule has 2 fully saturated rings. The van der Waals surface area contributed by atoms with Crippen LogP contribution >= 0.6 is 0 Å². The predicted octanol–water partition coefficient (Wildman–Crippen LogP) is 2.09. The van der Waals surface area contributed by atoms with Crippen molar-refractivity contribution in [3.05, 3.63) is 17.8 Å². The molecule has 22 heavy (non-hydrogen) atoms. The van der Waals surface area contributed by atoms with Gasteiger partial charge in [0, 0.05) is 38.0 Å². The summed E-state index contributed by atoms with van der Waals surface area (Å²) in [5.41, 5.74) is 0.498. The minimum Gasteiger partial charge on any atom is -0.444 e. The number of rotatable bonds is 1. The third-order valence-corrected chi connectivity index (χ3v) is 4.25. The molecule has 0 bridgehead atoms. The molecule has 0 radical (unpaired) electrons. The maximum Gasteiger partial charge on any atom is 0.410 e. The molecule has 3 heterocycles. The van der Waals surface area contributed by atoms with Gasteiger partial charge in [0.05, 0.1) is 5.69 Å². The fourth-order valence-corrected chi connectivity index (χ4v) is 3.22. The maximum absolute atomic E-state index is 12.1. The molecule has 3 rings (SSSR count). The molecule has 2 atom stereocenters. The van der Waals surface area contributed by atoms with Crippen LogP contribution in [-0.4, -0.2) is 53.0 Å². The number of fused-ring (bicyclic) bond motifs is 1. The summed E-state index contributed by atoms with van der Waals surface area (Å²) in [6, 6.07) is 4.01. The van der Waals surface area contributed by atoms with Crippen LogP contribution in [0.1, 0.15) is 26.5 Å². The topological polar surface area (TPSA) is 58.6 Å². The number of nitrogens with zero attached hydrogens (tertiary/aromatic N) is 4. The van der Waals surface area contributed by atoms with Crippen LogP contribution < -0.4 is 4.90 Å². The van der Waals surface area contributed by atoms with Crippen molar-refractivity contribution in [1.82, 2.24) is 15.1 Å². The smallest absolute Gasteiger partial charge is 0.410 e. The summed E-state index contributed by atoms with van der Waals surface area (Å²) in [5.74, 6) is 1.93. The standard InChI is InChI=1S/C16H24N4O2/c1-11-5-6-14(18-17-11)19-7-12-9-20(10-13(12)8-19)15(21)22-16(2,3)4/h5-6,12-13H,7-10H2,1-4H3/t12-,13+. The molecule has 1 aromatic heterocycles. The molecule has 0 N–H and O–H groups in total. The van der Waals surface area contributed by atoms with Crippen molar-refractivity contribution in [3.63, 3.8) is 0 Å². The van der Waals surface area contributed by atoms with Gasteiger partial charge in [-0.2, -0.15) is 5.10 Å². The van der Waals surface area contributed by atoms with Crippen LogP contribution in [0.15, 0.2) is 12.1 Å².